The molecule has 0 atom stereocenters. The number of halogens is 1. The molecule has 0 aliphatic heterocycles. The normalized spacial score (nSPS) is 10.5. The monoisotopic (exact) mass is 399 g/mol. The summed E-state index contributed by atoms with van der Waals surface area (Å²) in [7, 11) is 0. The average molecular weight is 400 g/mol. The van der Waals surface area contributed by atoms with Crippen LogP contribution < -0.4 is 10.1 Å². The van der Waals surface area contributed by atoms with E-state index in [2.05, 4.69) is 31.4 Å². The number of nitrogens with one attached hydrogen (secondary N) is 2. The first-order valence-electron chi connectivity index (χ1n) is 7.96. The Balaban J connectivity index is 1.72. The fourth-order valence-electron chi connectivity index (χ4n) is 2.51. The van der Waals surface area contributed by atoms with Gasteiger partial charge in [0.15, 0.2) is 0 Å². The van der Waals surface area contributed by atoms with E-state index in [1.165, 1.54) is 0 Å². The lowest BCUT2D eigenvalue weighted by Gasteiger charge is -2.08. The molecule has 0 unspecified atom stereocenters. The van der Waals surface area contributed by atoms with Crippen LogP contribution in [-0.4, -0.2) is 22.7 Å². The number of amides is 1. The average Bonchev–Trinajstić information content (AvgIpc) is 3.10. The Morgan fingerprint density at radius 3 is 2.88 bits per heavy atom. The molecule has 0 saturated heterocycles. The van der Waals surface area contributed by atoms with Crippen LogP contribution >= 0.6 is 15.9 Å². The van der Waals surface area contributed by atoms with Crippen molar-refractivity contribution in [2.75, 3.05) is 6.61 Å². The van der Waals surface area contributed by atoms with Crippen LogP contribution in [0.15, 0.2) is 59.2 Å². The topological polar surface area (TPSA) is 67.0 Å². The molecule has 0 spiro atoms. The van der Waals surface area contributed by atoms with Crippen LogP contribution in [0.2, 0.25) is 0 Å². The zero-order valence-electron chi connectivity index (χ0n) is 13.8. The van der Waals surface area contributed by atoms with Crippen LogP contribution in [0.5, 0.6) is 5.75 Å². The van der Waals surface area contributed by atoms with Crippen LogP contribution in [0, 0.1) is 0 Å². The summed E-state index contributed by atoms with van der Waals surface area (Å²) in [6.45, 7) is 2.97. The van der Waals surface area contributed by atoms with Gasteiger partial charge in [-0.3, -0.25) is 9.89 Å². The summed E-state index contributed by atoms with van der Waals surface area (Å²) in [6, 6.07) is 15.4. The maximum Gasteiger partial charge on any atom is 0.255 e. The van der Waals surface area contributed by atoms with Crippen LogP contribution in [0.25, 0.3) is 11.3 Å². The number of carbonyl (C=O) groups excluding carboxylic acids is 1. The highest BCUT2D eigenvalue weighted by atomic mass is 79.9. The minimum absolute atomic E-state index is 0.175. The number of rotatable bonds is 6. The maximum absolute atomic E-state index is 12.6. The summed E-state index contributed by atoms with van der Waals surface area (Å²) in [5, 5.41) is 9.85. The Morgan fingerprint density at radius 2 is 2.08 bits per heavy atom. The number of ether oxygens (including phenoxy) is 1. The minimum Gasteiger partial charge on any atom is -0.494 e. The van der Waals surface area contributed by atoms with E-state index in [9.17, 15) is 4.79 Å². The summed E-state index contributed by atoms with van der Waals surface area (Å²) >= 11 is 3.44. The fourth-order valence-corrected chi connectivity index (χ4v) is 2.91. The van der Waals surface area contributed by atoms with Crippen molar-refractivity contribution < 1.29 is 9.53 Å². The number of carbonyl (C=O) groups is 1. The third-order valence-electron chi connectivity index (χ3n) is 3.66. The molecule has 0 aliphatic carbocycles. The van der Waals surface area contributed by atoms with Crippen LogP contribution in [0.3, 0.4) is 0 Å². The minimum atomic E-state index is -0.175. The van der Waals surface area contributed by atoms with Gasteiger partial charge in [-0.25, -0.2) is 0 Å². The lowest BCUT2D eigenvalue weighted by molar-refractivity contribution is 0.0951. The highest BCUT2D eigenvalue weighted by Crippen LogP contribution is 2.24. The molecule has 2 aromatic carbocycles. The van der Waals surface area contributed by atoms with Gasteiger partial charge in [-0.2, -0.15) is 5.10 Å². The van der Waals surface area contributed by atoms with E-state index in [0.29, 0.717) is 24.4 Å². The van der Waals surface area contributed by atoms with Gasteiger partial charge >= 0.3 is 0 Å². The van der Waals surface area contributed by atoms with Gasteiger partial charge in [0.05, 0.1) is 24.1 Å². The van der Waals surface area contributed by atoms with Gasteiger partial charge in [0.25, 0.3) is 5.91 Å². The first-order valence-corrected chi connectivity index (χ1v) is 8.76. The Hall–Kier alpha value is -2.60. The Labute approximate surface area is 154 Å². The lowest BCUT2D eigenvalue weighted by atomic mass is 10.1. The zero-order chi connectivity index (χ0) is 17.6. The fraction of sp³-hybridized carbons (Fsp3) is 0.158. The summed E-state index contributed by atoms with van der Waals surface area (Å²) < 4.78 is 6.42. The number of hydrogen-bond donors (Lipinski definition) is 2. The van der Waals surface area contributed by atoms with Crippen molar-refractivity contribution in [3.8, 4) is 17.0 Å². The highest BCUT2D eigenvalue weighted by Gasteiger charge is 2.15. The molecule has 128 valence electrons. The molecule has 1 heterocycles. The van der Waals surface area contributed by atoms with E-state index in [1.807, 2.05) is 55.5 Å². The number of H-pyrrole nitrogens is 1. The third-order valence-corrected chi connectivity index (χ3v) is 4.15. The van der Waals surface area contributed by atoms with E-state index in [-0.39, 0.29) is 5.91 Å². The van der Waals surface area contributed by atoms with E-state index >= 15 is 0 Å². The molecule has 0 fully saturated rings. The predicted octanol–water partition coefficient (Wildman–Crippen LogP) is 4.17. The summed E-state index contributed by atoms with van der Waals surface area (Å²) in [4.78, 5) is 12.6. The molecule has 0 aliphatic rings. The molecule has 2 N–H and O–H groups in total. The van der Waals surface area contributed by atoms with Crippen LogP contribution in [-0.2, 0) is 6.54 Å². The van der Waals surface area contributed by atoms with Gasteiger partial charge in [-0.15, -0.1) is 0 Å². The quantitative estimate of drug-likeness (QED) is 0.653. The van der Waals surface area contributed by atoms with Crippen molar-refractivity contribution in [2.24, 2.45) is 0 Å². The van der Waals surface area contributed by atoms with Gasteiger partial charge in [0, 0.05) is 16.6 Å². The molecular weight excluding hydrogens is 382 g/mol. The van der Waals surface area contributed by atoms with Crippen molar-refractivity contribution in [1.82, 2.24) is 15.5 Å². The summed E-state index contributed by atoms with van der Waals surface area (Å²) in [5.74, 6) is 0.623. The van der Waals surface area contributed by atoms with Crippen molar-refractivity contribution in [2.45, 2.75) is 13.5 Å². The molecule has 5 nitrogen and oxygen atoms in total. The second-order valence-corrected chi connectivity index (χ2v) is 6.35. The Morgan fingerprint density at radius 1 is 1.24 bits per heavy atom. The van der Waals surface area contributed by atoms with Crippen LogP contribution in [0.1, 0.15) is 22.8 Å². The van der Waals surface area contributed by atoms with Crippen molar-refractivity contribution in [3.05, 3.63) is 70.3 Å². The number of nitrogens with zero attached hydrogens (tertiary/aromatic N) is 1. The van der Waals surface area contributed by atoms with Crippen LogP contribution in [0.4, 0.5) is 0 Å². The predicted molar refractivity (Wildman–Crippen MR) is 101 cm³/mol. The Kier molecular flexibility index (Phi) is 5.50. The van der Waals surface area contributed by atoms with Gasteiger partial charge in [-0.1, -0.05) is 40.2 Å². The number of aromatic amines is 1. The van der Waals surface area contributed by atoms with Gasteiger partial charge in [0.1, 0.15) is 5.75 Å². The molecule has 0 saturated carbocycles. The van der Waals surface area contributed by atoms with Crippen molar-refractivity contribution >= 4 is 21.8 Å². The smallest absolute Gasteiger partial charge is 0.255 e. The second-order valence-electron chi connectivity index (χ2n) is 5.43. The molecule has 1 amide bonds. The van der Waals surface area contributed by atoms with E-state index in [4.69, 9.17) is 4.74 Å². The SMILES string of the molecule is CCOc1cccc(CNC(=O)c2cn[nH]c2-c2cccc(Br)c2)c1. The molecule has 0 bridgehead atoms. The third kappa shape index (κ3) is 4.28. The van der Waals surface area contributed by atoms with Gasteiger partial charge in [0.2, 0.25) is 0 Å². The lowest BCUT2D eigenvalue weighted by Crippen LogP contribution is -2.23. The summed E-state index contributed by atoms with van der Waals surface area (Å²) in [6.07, 6.45) is 1.54. The number of benzene rings is 2. The number of aromatic nitrogens is 2. The van der Waals surface area contributed by atoms with Crippen molar-refractivity contribution in [1.29, 1.82) is 0 Å². The molecule has 25 heavy (non-hydrogen) atoms. The zero-order valence-corrected chi connectivity index (χ0v) is 15.3. The molecule has 3 aromatic rings. The maximum atomic E-state index is 12.6. The second kappa shape index (κ2) is 7.98. The first kappa shape index (κ1) is 17.2. The highest BCUT2D eigenvalue weighted by molar-refractivity contribution is 9.10. The standard InChI is InChI=1S/C19H18BrN3O2/c1-2-25-16-8-3-5-13(9-16)11-21-19(24)17-12-22-23-18(17)14-6-4-7-15(20)10-14/h3-10,12H,2,11H2,1H3,(H,21,24)(H,22,23). The van der Waals surface area contributed by atoms with E-state index in [1.54, 1.807) is 6.20 Å². The van der Waals surface area contributed by atoms with E-state index in [0.717, 1.165) is 21.3 Å². The van der Waals surface area contributed by atoms with E-state index < -0.39 is 0 Å². The molecule has 0 radical (unpaired) electrons. The van der Waals surface area contributed by atoms with Gasteiger partial charge in [-0.05, 0) is 36.8 Å². The Bertz CT molecular complexity index is 876. The van der Waals surface area contributed by atoms with Gasteiger partial charge < -0.3 is 10.1 Å². The first-order chi connectivity index (χ1) is 12.2. The molecular formula is C19H18BrN3O2. The summed E-state index contributed by atoms with van der Waals surface area (Å²) in [5.41, 5.74) is 3.09. The number of hydrogen-bond acceptors (Lipinski definition) is 3. The molecule has 1 aromatic heterocycles. The largest absolute Gasteiger partial charge is 0.494 e. The molecule has 3 rings (SSSR count). The van der Waals surface area contributed by atoms with Crippen molar-refractivity contribution in [3.63, 3.8) is 0 Å². The molecule has 6 heteroatoms.